The summed E-state index contributed by atoms with van der Waals surface area (Å²) in [5.41, 5.74) is 0. The lowest BCUT2D eigenvalue weighted by Crippen LogP contribution is -2.62. The second-order valence-corrected chi connectivity index (χ2v) is 6.39. The fourth-order valence-electron chi connectivity index (χ4n) is 2.77. The Morgan fingerprint density at radius 1 is 0.962 bits per heavy atom. The third-order valence-electron chi connectivity index (χ3n) is 4.02. The summed E-state index contributed by atoms with van der Waals surface area (Å²) in [5, 5.41) is 12.4. The van der Waals surface area contributed by atoms with E-state index in [9.17, 15) is 19.5 Å². The lowest BCUT2D eigenvalue weighted by Gasteiger charge is -2.41. The number of carbonyl (C=O) groups is 3. The van der Waals surface area contributed by atoms with E-state index < -0.39 is 36.3 Å². The first-order valence-corrected chi connectivity index (χ1v) is 9.37. The van der Waals surface area contributed by atoms with Crippen LogP contribution in [0.15, 0.2) is 0 Å². The Balaban J connectivity index is 2.98. The van der Waals surface area contributed by atoms with Crippen molar-refractivity contribution in [2.75, 3.05) is 13.2 Å². The molecule has 0 unspecified atom stereocenters. The van der Waals surface area contributed by atoms with Crippen LogP contribution in [0.25, 0.3) is 0 Å². The molecule has 0 saturated carbocycles. The zero-order chi connectivity index (χ0) is 19.5. The van der Waals surface area contributed by atoms with Gasteiger partial charge >= 0.3 is 11.9 Å². The van der Waals surface area contributed by atoms with Crippen molar-refractivity contribution in [2.45, 2.75) is 83.6 Å². The molecule has 0 aromatic carbocycles. The van der Waals surface area contributed by atoms with Gasteiger partial charge in [0.25, 0.3) is 0 Å². The summed E-state index contributed by atoms with van der Waals surface area (Å²) < 4.78 is 16.5. The van der Waals surface area contributed by atoms with Crippen molar-refractivity contribution in [3.05, 3.63) is 0 Å². The van der Waals surface area contributed by atoms with Gasteiger partial charge in [0.1, 0.15) is 6.10 Å². The van der Waals surface area contributed by atoms with Crippen LogP contribution in [0.2, 0.25) is 0 Å². The molecule has 1 rings (SSSR count). The van der Waals surface area contributed by atoms with Gasteiger partial charge in [-0.1, -0.05) is 20.8 Å². The minimum absolute atomic E-state index is 0.0621. The first kappa shape index (κ1) is 22.4. The van der Waals surface area contributed by atoms with Crippen LogP contribution in [-0.2, 0) is 28.6 Å². The summed E-state index contributed by atoms with van der Waals surface area (Å²) in [6.45, 7) is 5.25. The molecule has 8 nitrogen and oxygen atoms in total. The van der Waals surface area contributed by atoms with Crippen LogP contribution < -0.4 is 5.32 Å². The quantitative estimate of drug-likeness (QED) is 0.551. The van der Waals surface area contributed by atoms with E-state index in [1.165, 1.54) is 0 Å². The van der Waals surface area contributed by atoms with E-state index in [1.54, 1.807) is 0 Å². The van der Waals surface area contributed by atoms with Gasteiger partial charge < -0.3 is 24.6 Å². The second-order valence-electron chi connectivity index (χ2n) is 6.39. The highest BCUT2D eigenvalue weighted by atomic mass is 16.6. The Morgan fingerprint density at radius 3 is 2.00 bits per heavy atom. The number of carbonyl (C=O) groups excluding carboxylic acids is 3. The number of aliphatic hydroxyl groups is 1. The fraction of sp³-hybridized carbons (Fsp3) is 0.833. The molecular formula is C18H31NO7. The van der Waals surface area contributed by atoms with E-state index in [0.29, 0.717) is 25.7 Å². The van der Waals surface area contributed by atoms with Crippen LogP contribution in [0.1, 0.15) is 59.3 Å². The monoisotopic (exact) mass is 373 g/mol. The van der Waals surface area contributed by atoms with Crippen LogP contribution in [-0.4, -0.2) is 60.5 Å². The standard InChI is InChI=1S/C18H31NO7/c1-4-7-14(21)19-12-11-24-13(10-20)18(26-16(23)9-6-3)17(12)25-15(22)8-5-2/h12-13,17-18,20H,4-11H2,1-3H3,(H,19,21)/t12-,13+,17+,18+/m0/s1. The van der Waals surface area contributed by atoms with E-state index in [1.807, 2.05) is 20.8 Å². The van der Waals surface area contributed by atoms with Gasteiger partial charge in [0.2, 0.25) is 5.91 Å². The molecule has 1 saturated heterocycles. The summed E-state index contributed by atoms with van der Waals surface area (Å²) in [7, 11) is 0. The first-order chi connectivity index (χ1) is 12.5. The number of hydrogen-bond acceptors (Lipinski definition) is 7. The Morgan fingerprint density at radius 2 is 1.50 bits per heavy atom. The highest BCUT2D eigenvalue weighted by molar-refractivity contribution is 5.76. The van der Waals surface area contributed by atoms with Gasteiger partial charge in [-0.25, -0.2) is 0 Å². The third-order valence-corrected chi connectivity index (χ3v) is 4.02. The molecular weight excluding hydrogens is 342 g/mol. The van der Waals surface area contributed by atoms with Crippen molar-refractivity contribution >= 4 is 17.8 Å². The normalized spacial score (nSPS) is 25.4. The van der Waals surface area contributed by atoms with E-state index >= 15 is 0 Å². The Labute approximate surface area is 154 Å². The molecule has 0 spiro atoms. The maximum absolute atomic E-state index is 12.0. The molecule has 1 aliphatic heterocycles. The zero-order valence-electron chi connectivity index (χ0n) is 15.9. The molecule has 1 fully saturated rings. The number of nitrogens with one attached hydrogen (secondary N) is 1. The molecule has 0 radical (unpaired) electrons. The van der Waals surface area contributed by atoms with Crippen molar-refractivity contribution < 1.29 is 33.7 Å². The molecule has 0 bridgehead atoms. The highest BCUT2D eigenvalue weighted by Crippen LogP contribution is 2.23. The van der Waals surface area contributed by atoms with Crippen molar-refractivity contribution in [3.63, 3.8) is 0 Å². The predicted molar refractivity (Wildman–Crippen MR) is 93.2 cm³/mol. The lowest BCUT2D eigenvalue weighted by molar-refractivity contribution is -0.206. The molecule has 150 valence electrons. The average Bonchev–Trinajstić information content (AvgIpc) is 2.58. The molecule has 1 amide bonds. The third kappa shape index (κ3) is 6.92. The summed E-state index contributed by atoms with van der Waals surface area (Å²) in [4.78, 5) is 36.0. The highest BCUT2D eigenvalue weighted by Gasteiger charge is 2.45. The maximum Gasteiger partial charge on any atom is 0.306 e. The SMILES string of the molecule is CCCC(=O)N[C@H]1CO[C@H](CO)[C@@H](OC(=O)CCC)[C@@H]1OC(=O)CCC. The van der Waals surface area contributed by atoms with E-state index in [4.69, 9.17) is 14.2 Å². The van der Waals surface area contributed by atoms with Gasteiger partial charge in [-0.05, 0) is 19.3 Å². The van der Waals surface area contributed by atoms with E-state index in [2.05, 4.69) is 5.32 Å². The first-order valence-electron chi connectivity index (χ1n) is 9.37. The smallest absolute Gasteiger partial charge is 0.306 e. The van der Waals surface area contributed by atoms with E-state index in [-0.39, 0.29) is 32.0 Å². The van der Waals surface area contributed by atoms with Crippen molar-refractivity contribution in [2.24, 2.45) is 0 Å². The van der Waals surface area contributed by atoms with Crippen LogP contribution >= 0.6 is 0 Å². The van der Waals surface area contributed by atoms with Gasteiger partial charge in [0.05, 0.1) is 19.3 Å². The Hall–Kier alpha value is -1.67. The molecule has 0 aliphatic carbocycles. The molecule has 0 aromatic heterocycles. The maximum atomic E-state index is 12.0. The number of ether oxygens (including phenoxy) is 3. The van der Waals surface area contributed by atoms with Gasteiger partial charge in [0.15, 0.2) is 12.2 Å². The van der Waals surface area contributed by atoms with Gasteiger partial charge in [0, 0.05) is 19.3 Å². The van der Waals surface area contributed by atoms with Gasteiger partial charge in [-0.3, -0.25) is 14.4 Å². The molecule has 1 heterocycles. The average molecular weight is 373 g/mol. The van der Waals surface area contributed by atoms with Crippen LogP contribution in [0.5, 0.6) is 0 Å². The molecule has 0 aromatic rings. The van der Waals surface area contributed by atoms with Gasteiger partial charge in [-0.15, -0.1) is 0 Å². The van der Waals surface area contributed by atoms with Crippen molar-refractivity contribution in [3.8, 4) is 0 Å². The summed E-state index contributed by atoms with van der Waals surface area (Å²) in [6, 6.07) is -0.642. The Bertz CT molecular complexity index is 468. The minimum Gasteiger partial charge on any atom is -0.456 e. The van der Waals surface area contributed by atoms with Crippen LogP contribution in [0, 0.1) is 0 Å². The summed E-state index contributed by atoms with van der Waals surface area (Å²) in [5.74, 6) is -1.10. The number of amides is 1. The van der Waals surface area contributed by atoms with E-state index in [0.717, 1.165) is 0 Å². The number of rotatable bonds is 10. The van der Waals surface area contributed by atoms with Crippen molar-refractivity contribution in [1.29, 1.82) is 0 Å². The number of aliphatic hydroxyl groups excluding tert-OH is 1. The fourth-order valence-corrected chi connectivity index (χ4v) is 2.77. The number of hydrogen-bond donors (Lipinski definition) is 2. The largest absolute Gasteiger partial charge is 0.456 e. The summed E-state index contributed by atoms with van der Waals surface area (Å²) >= 11 is 0. The van der Waals surface area contributed by atoms with Crippen LogP contribution in [0.3, 0.4) is 0 Å². The molecule has 26 heavy (non-hydrogen) atoms. The number of esters is 2. The zero-order valence-corrected chi connectivity index (χ0v) is 15.9. The second kappa shape index (κ2) is 11.9. The van der Waals surface area contributed by atoms with Gasteiger partial charge in [-0.2, -0.15) is 0 Å². The lowest BCUT2D eigenvalue weighted by atomic mass is 9.97. The topological polar surface area (TPSA) is 111 Å². The Kier molecular flexibility index (Phi) is 10.2. The molecule has 1 aliphatic rings. The molecule has 8 heteroatoms. The molecule has 2 N–H and O–H groups in total. The molecule has 4 atom stereocenters. The minimum atomic E-state index is -0.972. The predicted octanol–water partition coefficient (Wildman–Crippen LogP) is 1.09. The van der Waals surface area contributed by atoms with Crippen molar-refractivity contribution in [1.82, 2.24) is 5.32 Å². The summed E-state index contributed by atoms with van der Waals surface area (Å²) in [6.07, 6.45) is -0.0457. The van der Waals surface area contributed by atoms with Crippen LogP contribution in [0.4, 0.5) is 0 Å².